The van der Waals surface area contributed by atoms with Crippen molar-refractivity contribution in [2.45, 2.75) is 13.0 Å². The normalized spacial score (nSPS) is 12.0. The van der Waals surface area contributed by atoms with Gasteiger partial charge in [-0.3, -0.25) is 0 Å². The molecule has 2 aromatic carbocycles. The third-order valence-corrected chi connectivity index (χ3v) is 3.24. The van der Waals surface area contributed by atoms with Crippen molar-refractivity contribution >= 4 is 15.9 Å². The van der Waals surface area contributed by atoms with Crippen LogP contribution in [0, 0.1) is 0 Å². The zero-order valence-corrected chi connectivity index (χ0v) is 12.5. The van der Waals surface area contributed by atoms with Gasteiger partial charge in [0.1, 0.15) is 17.2 Å². The van der Waals surface area contributed by atoms with Crippen molar-refractivity contribution in [2.75, 3.05) is 7.11 Å². The van der Waals surface area contributed by atoms with Crippen LogP contribution in [0.15, 0.2) is 46.9 Å². The molecule has 0 aliphatic heterocycles. The summed E-state index contributed by atoms with van der Waals surface area (Å²) in [5, 5.41) is 0. The Kier molecular flexibility index (Phi) is 4.45. The first kappa shape index (κ1) is 13.9. The van der Waals surface area contributed by atoms with E-state index in [9.17, 15) is 0 Å². The molecule has 2 rings (SSSR count). The second-order valence-corrected chi connectivity index (χ2v) is 5.16. The van der Waals surface area contributed by atoms with Gasteiger partial charge in [-0.05, 0) is 49.4 Å². The van der Waals surface area contributed by atoms with Gasteiger partial charge in [0.05, 0.1) is 7.11 Å². The van der Waals surface area contributed by atoms with Crippen LogP contribution in [0.4, 0.5) is 0 Å². The average Bonchev–Trinajstić information content (AvgIpc) is 2.41. The number of benzene rings is 2. The molecule has 0 bridgehead atoms. The highest BCUT2D eigenvalue weighted by Crippen LogP contribution is 2.31. The van der Waals surface area contributed by atoms with Crippen molar-refractivity contribution in [3.63, 3.8) is 0 Å². The molecule has 1 atom stereocenters. The molecule has 0 saturated carbocycles. The summed E-state index contributed by atoms with van der Waals surface area (Å²) in [5.74, 6) is 2.32. The fourth-order valence-corrected chi connectivity index (χ4v) is 2.12. The maximum absolute atomic E-state index is 5.96. The fraction of sp³-hybridized carbons (Fsp3) is 0.200. The van der Waals surface area contributed by atoms with E-state index >= 15 is 0 Å². The molecular formula is C15H16BrNO2. The first-order valence-corrected chi connectivity index (χ1v) is 6.76. The van der Waals surface area contributed by atoms with Crippen LogP contribution in [-0.4, -0.2) is 7.11 Å². The minimum absolute atomic E-state index is 0.0919. The molecule has 0 aliphatic carbocycles. The number of methoxy groups -OCH3 is 1. The van der Waals surface area contributed by atoms with Gasteiger partial charge in [0, 0.05) is 16.1 Å². The number of ether oxygens (including phenoxy) is 2. The summed E-state index contributed by atoms with van der Waals surface area (Å²) >= 11 is 3.44. The quantitative estimate of drug-likeness (QED) is 0.914. The van der Waals surface area contributed by atoms with E-state index in [0.717, 1.165) is 27.3 Å². The van der Waals surface area contributed by atoms with E-state index in [-0.39, 0.29) is 6.04 Å². The highest BCUT2D eigenvalue weighted by Gasteiger charge is 2.09. The first-order valence-electron chi connectivity index (χ1n) is 5.97. The van der Waals surface area contributed by atoms with Gasteiger partial charge in [0.25, 0.3) is 0 Å². The van der Waals surface area contributed by atoms with Gasteiger partial charge in [-0.1, -0.05) is 15.9 Å². The summed E-state index contributed by atoms with van der Waals surface area (Å²) in [6, 6.07) is 13.2. The van der Waals surface area contributed by atoms with Crippen LogP contribution in [0.3, 0.4) is 0 Å². The summed E-state index contributed by atoms with van der Waals surface area (Å²) in [6.07, 6.45) is 0. The van der Waals surface area contributed by atoms with Crippen LogP contribution in [0.5, 0.6) is 17.2 Å². The van der Waals surface area contributed by atoms with Crippen molar-refractivity contribution in [1.82, 2.24) is 0 Å². The molecule has 0 fully saturated rings. The Morgan fingerprint density at radius 2 is 1.68 bits per heavy atom. The monoisotopic (exact) mass is 321 g/mol. The molecule has 2 aromatic rings. The standard InChI is InChI=1S/C15H16BrNO2/c1-10(17)14-9-11(16)3-8-15(14)19-13-6-4-12(18-2)5-7-13/h3-10H,17H2,1-2H3. The largest absolute Gasteiger partial charge is 0.497 e. The lowest BCUT2D eigenvalue weighted by Gasteiger charge is -2.14. The predicted octanol–water partition coefficient (Wildman–Crippen LogP) is 4.27. The molecule has 19 heavy (non-hydrogen) atoms. The van der Waals surface area contributed by atoms with E-state index < -0.39 is 0 Å². The van der Waals surface area contributed by atoms with Crippen LogP contribution in [0.25, 0.3) is 0 Å². The number of rotatable bonds is 4. The molecule has 0 amide bonds. The van der Waals surface area contributed by atoms with Crippen LogP contribution in [0.2, 0.25) is 0 Å². The third-order valence-electron chi connectivity index (χ3n) is 2.75. The maximum atomic E-state index is 5.96. The van der Waals surface area contributed by atoms with Gasteiger partial charge in [-0.2, -0.15) is 0 Å². The molecule has 0 aromatic heterocycles. The smallest absolute Gasteiger partial charge is 0.132 e. The van der Waals surface area contributed by atoms with Gasteiger partial charge >= 0.3 is 0 Å². The van der Waals surface area contributed by atoms with E-state index in [1.165, 1.54) is 0 Å². The molecule has 0 heterocycles. The molecule has 100 valence electrons. The van der Waals surface area contributed by atoms with Crippen LogP contribution in [0.1, 0.15) is 18.5 Å². The van der Waals surface area contributed by atoms with Gasteiger partial charge in [0.15, 0.2) is 0 Å². The Labute approximate surface area is 121 Å². The summed E-state index contributed by atoms with van der Waals surface area (Å²) < 4.78 is 12.0. The lowest BCUT2D eigenvalue weighted by atomic mass is 10.1. The van der Waals surface area contributed by atoms with Gasteiger partial charge < -0.3 is 15.2 Å². The van der Waals surface area contributed by atoms with Crippen molar-refractivity contribution < 1.29 is 9.47 Å². The predicted molar refractivity (Wildman–Crippen MR) is 79.8 cm³/mol. The van der Waals surface area contributed by atoms with Crippen molar-refractivity contribution in [3.05, 3.63) is 52.5 Å². The second kappa shape index (κ2) is 6.08. The van der Waals surface area contributed by atoms with Crippen molar-refractivity contribution in [3.8, 4) is 17.2 Å². The Hall–Kier alpha value is -1.52. The Morgan fingerprint density at radius 1 is 1.05 bits per heavy atom. The Bertz CT molecular complexity index is 553. The SMILES string of the molecule is COc1ccc(Oc2ccc(Br)cc2C(C)N)cc1. The molecule has 2 N–H and O–H groups in total. The summed E-state index contributed by atoms with van der Waals surface area (Å²) in [4.78, 5) is 0. The number of nitrogens with two attached hydrogens (primary N) is 1. The lowest BCUT2D eigenvalue weighted by Crippen LogP contribution is -2.06. The summed E-state index contributed by atoms with van der Waals surface area (Å²) in [5.41, 5.74) is 6.93. The van der Waals surface area contributed by atoms with Crippen LogP contribution >= 0.6 is 15.9 Å². The highest BCUT2D eigenvalue weighted by molar-refractivity contribution is 9.10. The highest BCUT2D eigenvalue weighted by atomic mass is 79.9. The van der Waals surface area contributed by atoms with Gasteiger partial charge in [-0.25, -0.2) is 0 Å². The molecule has 4 heteroatoms. The second-order valence-electron chi connectivity index (χ2n) is 4.25. The number of hydrogen-bond donors (Lipinski definition) is 1. The van der Waals surface area contributed by atoms with E-state index in [2.05, 4.69) is 15.9 Å². The molecule has 0 saturated heterocycles. The molecule has 0 aliphatic rings. The summed E-state index contributed by atoms with van der Waals surface area (Å²) in [7, 11) is 1.64. The third kappa shape index (κ3) is 3.49. The summed E-state index contributed by atoms with van der Waals surface area (Å²) in [6.45, 7) is 1.93. The van der Waals surface area contributed by atoms with Crippen molar-refractivity contribution in [2.24, 2.45) is 5.73 Å². The zero-order chi connectivity index (χ0) is 13.8. The van der Waals surface area contributed by atoms with Crippen LogP contribution in [-0.2, 0) is 0 Å². The Balaban J connectivity index is 2.26. The van der Waals surface area contributed by atoms with Crippen molar-refractivity contribution in [1.29, 1.82) is 0 Å². The van der Waals surface area contributed by atoms with E-state index in [4.69, 9.17) is 15.2 Å². The minimum atomic E-state index is -0.0919. The number of hydrogen-bond acceptors (Lipinski definition) is 3. The van der Waals surface area contributed by atoms with Gasteiger partial charge in [-0.15, -0.1) is 0 Å². The van der Waals surface area contributed by atoms with E-state index in [1.807, 2.05) is 49.4 Å². The molecule has 3 nitrogen and oxygen atoms in total. The molecule has 0 spiro atoms. The molecule has 1 unspecified atom stereocenters. The van der Waals surface area contributed by atoms with Crippen LogP contribution < -0.4 is 15.2 Å². The zero-order valence-electron chi connectivity index (χ0n) is 10.9. The van der Waals surface area contributed by atoms with E-state index in [1.54, 1.807) is 7.11 Å². The average molecular weight is 322 g/mol. The number of halogens is 1. The Morgan fingerprint density at radius 3 is 2.26 bits per heavy atom. The molecular weight excluding hydrogens is 306 g/mol. The molecule has 0 radical (unpaired) electrons. The van der Waals surface area contributed by atoms with Gasteiger partial charge in [0.2, 0.25) is 0 Å². The maximum Gasteiger partial charge on any atom is 0.132 e. The fourth-order valence-electron chi connectivity index (χ4n) is 1.74. The topological polar surface area (TPSA) is 44.5 Å². The van der Waals surface area contributed by atoms with E-state index in [0.29, 0.717) is 0 Å². The first-order chi connectivity index (χ1) is 9.10. The minimum Gasteiger partial charge on any atom is -0.497 e. The lowest BCUT2D eigenvalue weighted by molar-refractivity contribution is 0.412.